The van der Waals surface area contributed by atoms with E-state index in [1.807, 2.05) is 32.9 Å². The molecule has 5 rings (SSSR count). The molecule has 192 valence electrons. The highest BCUT2D eigenvalue weighted by Gasteiger charge is 2.23. The van der Waals surface area contributed by atoms with E-state index in [1.54, 1.807) is 30.4 Å². The second-order valence-corrected chi connectivity index (χ2v) is 8.69. The van der Waals surface area contributed by atoms with Gasteiger partial charge in [0.05, 0.1) is 28.3 Å². The number of tetrazole rings is 1. The molecule has 38 heavy (non-hydrogen) atoms. The number of anilines is 2. The molecule has 1 unspecified atom stereocenters. The lowest BCUT2D eigenvalue weighted by Gasteiger charge is -2.23. The summed E-state index contributed by atoms with van der Waals surface area (Å²) in [5, 5.41) is 17.7. The zero-order valence-corrected chi connectivity index (χ0v) is 21.0. The summed E-state index contributed by atoms with van der Waals surface area (Å²) >= 11 is 0. The summed E-state index contributed by atoms with van der Waals surface area (Å²) in [7, 11) is 0. The number of hydrogen-bond acceptors (Lipinski definition) is 9. The van der Waals surface area contributed by atoms with Crippen molar-refractivity contribution >= 4 is 34.8 Å². The van der Waals surface area contributed by atoms with Crippen molar-refractivity contribution in [2.75, 3.05) is 11.1 Å². The minimum absolute atomic E-state index is 0.0922. The van der Waals surface area contributed by atoms with E-state index in [1.165, 1.54) is 16.7 Å². The van der Waals surface area contributed by atoms with Gasteiger partial charge < -0.3 is 11.1 Å². The van der Waals surface area contributed by atoms with Gasteiger partial charge in [-0.25, -0.2) is 14.4 Å². The molecule has 0 aliphatic rings. The van der Waals surface area contributed by atoms with Crippen LogP contribution in [0.25, 0.3) is 28.7 Å². The molecule has 2 aromatic carbocycles. The van der Waals surface area contributed by atoms with Crippen molar-refractivity contribution < 1.29 is 4.39 Å². The maximum atomic E-state index is 13.9. The van der Waals surface area contributed by atoms with Crippen molar-refractivity contribution in [3.05, 3.63) is 87.1 Å². The molecular weight excluding hydrogens is 487 g/mol. The van der Waals surface area contributed by atoms with E-state index in [4.69, 9.17) is 10.7 Å². The number of aromatic nitrogens is 8. The van der Waals surface area contributed by atoms with E-state index in [2.05, 4.69) is 35.9 Å². The van der Waals surface area contributed by atoms with Gasteiger partial charge in [0.2, 0.25) is 5.95 Å². The van der Waals surface area contributed by atoms with Crippen LogP contribution in [0.15, 0.2) is 47.3 Å². The first-order chi connectivity index (χ1) is 18.4. The van der Waals surface area contributed by atoms with E-state index < -0.39 is 11.9 Å². The van der Waals surface area contributed by atoms with Gasteiger partial charge in [0.25, 0.3) is 5.56 Å². The van der Waals surface area contributed by atoms with Gasteiger partial charge >= 0.3 is 0 Å². The molecule has 0 aliphatic carbocycles. The number of nitrogen functional groups attached to an aromatic ring is 1. The van der Waals surface area contributed by atoms with Gasteiger partial charge in [0.1, 0.15) is 17.5 Å². The fourth-order valence-corrected chi connectivity index (χ4v) is 4.31. The molecule has 0 bridgehead atoms. The third-order valence-corrected chi connectivity index (χ3v) is 6.16. The van der Waals surface area contributed by atoms with E-state index in [-0.39, 0.29) is 11.5 Å². The van der Waals surface area contributed by atoms with Crippen molar-refractivity contribution in [1.82, 2.24) is 40.1 Å². The van der Waals surface area contributed by atoms with Gasteiger partial charge in [-0.3, -0.25) is 9.36 Å². The number of halogens is 1. The Hall–Kier alpha value is -5.00. The Morgan fingerprint density at radius 3 is 2.61 bits per heavy atom. The number of aryl methyl sites for hydroxylation is 2. The highest BCUT2D eigenvalue weighted by Crippen LogP contribution is 2.28. The van der Waals surface area contributed by atoms with E-state index in [9.17, 15) is 9.18 Å². The Balaban J connectivity index is 1.67. The third kappa shape index (κ3) is 4.71. The maximum absolute atomic E-state index is 13.9. The summed E-state index contributed by atoms with van der Waals surface area (Å²) in [6.45, 7) is 5.64. The van der Waals surface area contributed by atoms with Gasteiger partial charge in [-0.15, -0.1) is 10.2 Å². The SMILES string of the molecule is CCC(Nc1nc(N)nc(C)c1C=Cc1nn[nH]n1)c1nc2cccc(C)c2c(=O)n1-c1ccc(F)cc1. The van der Waals surface area contributed by atoms with Gasteiger partial charge in [0, 0.05) is 5.56 Å². The van der Waals surface area contributed by atoms with Crippen LogP contribution in [0.2, 0.25) is 0 Å². The minimum Gasteiger partial charge on any atom is -0.368 e. The monoisotopic (exact) mass is 512 g/mol. The molecule has 0 spiro atoms. The van der Waals surface area contributed by atoms with Crippen LogP contribution in [0.5, 0.6) is 0 Å². The standard InChI is InChI=1S/C26H25FN10O/c1-4-19(30-23-18(15(3)29-26(28)32-23)12-13-21-33-35-36-34-21)24-31-20-7-5-6-14(2)22(20)25(38)37(24)17-10-8-16(27)9-11-17/h5-13,19H,4H2,1-3H3,(H3,28,29,30,32)(H,33,34,35,36). The van der Waals surface area contributed by atoms with Gasteiger partial charge in [-0.1, -0.05) is 19.1 Å². The van der Waals surface area contributed by atoms with Crippen LogP contribution in [0.3, 0.4) is 0 Å². The van der Waals surface area contributed by atoms with Crippen molar-refractivity contribution in [2.45, 2.75) is 33.2 Å². The van der Waals surface area contributed by atoms with Crippen LogP contribution in [0.4, 0.5) is 16.2 Å². The molecule has 0 fully saturated rings. The average Bonchev–Trinajstić information content (AvgIpc) is 3.41. The molecule has 0 saturated carbocycles. The summed E-state index contributed by atoms with van der Waals surface area (Å²) in [5.74, 6) is 0.977. The second-order valence-electron chi connectivity index (χ2n) is 8.69. The first-order valence-electron chi connectivity index (χ1n) is 12.0. The summed E-state index contributed by atoms with van der Waals surface area (Å²) in [5.41, 5.74) is 8.91. The van der Waals surface area contributed by atoms with Gasteiger partial charge in [-0.2, -0.15) is 10.2 Å². The van der Waals surface area contributed by atoms with Gasteiger partial charge in [0.15, 0.2) is 5.82 Å². The zero-order valence-electron chi connectivity index (χ0n) is 21.0. The average molecular weight is 513 g/mol. The highest BCUT2D eigenvalue weighted by molar-refractivity contribution is 5.81. The van der Waals surface area contributed by atoms with Crippen LogP contribution in [-0.2, 0) is 0 Å². The van der Waals surface area contributed by atoms with E-state index in [0.717, 1.165) is 5.56 Å². The number of nitrogens with one attached hydrogen (secondary N) is 2. The number of benzene rings is 2. The topological polar surface area (TPSA) is 153 Å². The fourth-order valence-electron chi connectivity index (χ4n) is 4.31. The molecule has 11 nitrogen and oxygen atoms in total. The van der Waals surface area contributed by atoms with Crippen LogP contribution < -0.4 is 16.6 Å². The Kier molecular flexibility index (Phi) is 6.60. The minimum atomic E-state index is -0.469. The molecule has 12 heteroatoms. The van der Waals surface area contributed by atoms with Crippen molar-refractivity contribution in [3.8, 4) is 5.69 Å². The first kappa shape index (κ1) is 24.7. The van der Waals surface area contributed by atoms with E-state index in [0.29, 0.717) is 51.7 Å². The quantitative estimate of drug-likeness (QED) is 0.296. The molecule has 0 saturated heterocycles. The Morgan fingerprint density at radius 2 is 1.89 bits per heavy atom. The van der Waals surface area contributed by atoms with E-state index >= 15 is 0 Å². The van der Waals surface area contributed by atoms with Crippen molar-refractivity contribution in [1.29, 1.82) is 0 Å². The van der Waals surface area contributed by atoms with Gasteiger partial charge in [-0.05, 0) is 73.5 Å². The molecule has 4 N–H and O–H groups in total. The summed E-state index contributed by atoms with van der Waals surface area (Å²) in [4.78, 5) is 27.5. The lowest BCUT2D eigenvalue weighted by molar-refractivity contribution is 0.625. The predicted molar refractivity (Wildman–Crippen MR) is 143 cm³/mol. The number of aromatic amines is 1. The van der Waals surface area contributed by atoms with Crippen molar-refractivity contribution in [3.63, 3.8) is 0 Å². The molecule has 3 aromatic heterocycles. The number of rotatable bonds is 7. The number of fused-ring (bicyclic) bond motifs is 1. The van der Waals surface area contributed by atoms with Crippen LogP contribution >= 0.6 is 0 Å². The largest absolute Gasteiger partial charge is 0.368 e. The number of nitrogens with zero attached hydrogens (tertiary/aromatic N) is 7. The van der Waals surface area contributed by atoms with Crippen LogP contribution in [0, 0.1) is 19.7 Å². The third-order valence-electron chi connectivity index (χ3n) is 6.16. The molecule has 0 radical (unpaired) electrons. The molecule has 0 amide bonds. The number of H-pyrrole nitrogens is 1. The normalized spacial score (nSPS) is 12.3. The molecule has 1 atom stereocenters. The first-order valence-corrected chi connectivity index (χ1v) is 12.0. The molecule has 0 aliphatic heterocycles. The number of hydrogen-bond donors (Lipinski definition) is 3. The molecule has 5 aromatic rings. The fraction of sp³-hybridized carbons (Fsp3) is 0.192. The summed E-state index contributed by atoms with van der Waals surface area (Å²) < 4.78 is 15.3. The lowest BCUT2D eigenvalue weighted by atomic mass is 10.1. The zero-order chi connectivity index (χ0) is 26.8. The lowest BCUT2D eigenvalue weighted by Crippen LogP contribution is -2.29. The predicted octanol–water partition coefficient (Wildman–Crippen LogP) is 3.76. The maximum Gasteiger partial charge on any atom is 0.266 e. The van der Waals surface area contributed by atoms with Crippen LogP contribution in [0.1, 0.15) is 47.9 Å². The highest BCUT2D eigenvalue weighted by atomic mass is 19.1. The molecule has 3 heterocycles. The molecular formula is C26H25FN10O. The van der Waals surface area contributed by atoms with Crippen molar-refractivity contribution in [2.24, 2.45) is 0 Å². The Labute approximate surface area is 216 Å². The van der Waals surface area contributed by atoms with Crippen LogP contribution in [-0.4, -0.2) is 40.1 Å². The Morgan fingerprint density at radius 1 is 1.11 bits per heavy atom. The smallest absolute Gasteiger partial charge is 0.266 e. The second kappa shape index (κ2) is 10.2. The summed E-state index contributed by atoms with van der Waals surface area (Å²) in [6, 6.07) is 10.8. The Bertz CT molecular complexity index is 1690. The number of nitrogens with two attached hydrogens (primary N) is 1. The summed E-state index contributed by atoms with van der Waals surface area (Å²) in [6.07, 6.45) is 3.98.